The molecule has 2 nitrogen and oxygen atoms in total. The molecule has 1 aliphatic carbocycles. The summed E-state index contributed by atoms with van der Waals surface area (Å²) in [6.07, 6.45) is 1.21. The van der Waals surface area contributed by atoms with Crippen LogP contribution in [0.1, 0.15) is 23.1 Å². The van der Waals surface area contributed by atoms with Crippen molar-refractivity contribution in [1.82, 2.24) is 0 Å². The zero-order valence-electron chi connectivity index (χ0n) is 11.0. The van der Waals surface area contributed by atoms with Crippen molar-refractivity contribution < 1.29 is 14.2 Å². The first kappa shape index (κ1) is 13.4. The molecule has 0 fully saturated rings. The van der Waals surface area contributed by atoms with E-state index in [2.05, 4.69) is 0 Å². The van der Waals surface area contributed by atoms with Crippen molar-refractivity contribution in [3.8, 4) is 5.75 Å². The summed E-state index contributed by atoms with van der Waals surface area (Å²) in [7, 11) is 1.57. The lowest BCUT2D eigenvalue weighted by Crippen LogP contribution is -2.24. The number of methoxy groups -OCH3 is 1. The van der Waals surface area contributed by atoms with Crippen LogP contribution in [0.3, 0.4) is 0 Å². The zero-order valence-corrected chi connectivity index (χ0v) is 11.7. The summed E-state index contributed by atoms with van der Waals surface area (Å²) in [5.41, 5.74) is 0.924. The van der Waals surface area contributed by atoms with Crippen LogP contribution >= 0.6 is 11.6 Å². The molecule has 0 bridgehead atoms. The van der Waals surface area contributed by atoms with Crippen LogP contribution in [-0.4, -0.2) is 12.2 Å². The number of fused-ring (bicyclic) bond motifs is 1. The smallest absolute Gasteiger partial charge is 0.123 e. The van der Waals surface area contributed by atoms with Crippen molar-refractivity contribution in [2.75, 3.05) is 7.11 Å². The number of rotatable bonds is 2. The van der Waals surface area contributed by atoms with Gasteiger partial charge in [0.2, 0.25) is 0 Å². The molecule has 0 amide bonds. The molecule has 0 heterocycles. The molecule has 2 aromatic rings. The van der Waals surface area contributed by atoms with E-state index >= 15 is 0 Å². The number of aliphatic hydroxyl groups is 1. The maximum absolute atomic E-state index is 13.5. The SMILES string of the molecule is COc1ccc2c(c1)C(O)(c1cc(F)ccc1Cl)CC2. The van der Waals surface area contributed by atoms with Crippen molar-refractivity contribution in [2.24, 2.45) is 0 Å². The van der Waals surface area contributed by atoms with Gasteiger partial charge in [-0.25, -0.2) is 4.39 Å². The standard InChI is InChI=1S/C16H14ClFO2/c1-20-12-4-2-10-6-7-16(19,13(10)9-12)14-8-11(18)3-5-15(14)17/h2-5,8-9,19H,6-7H2,1H3. The van der Waals surface area contributed by atoms with Gasteiger partial charge in [0, 0.05) is 10.6 Å². The Morgan fingerprint density at radius 3 is 2.75 bits per heavy atom. The Morgan fingerprint density at radius 2 is 2.00 bits per heavy atom. The maximum Gasteiger partial charge on any atom is 0.123 e. The number of halogens is 2. The van der Waals surface area contributed by atoms with Gasteiger partial charge in [0.1, 0.15) is 17.2 Å². The lowest BCUT2D eigenvalue weighted by atomic mass is 9.87. The Balaban J connectivity index is 2.18. The molecule has 0 saturated carbocycles. The molecular weight excluding hydrogens is 279 g/mol. The lowest BCUT2D eigenvalue weighted by Gasteiger charge is -2.26. The van der Waals surface area contributed by atoms with Gasteiger partial charge in [-0.1, -0.05) is 17.7 Å². The second-order valence-electron chi connectivity index (χ2n) is 5.01. The monoisotopic (exact) mass is 292 g/mol. The molecule has 20 heavy (non-hydrogen) atoms. The summed E-state index contributed by atoms with van der Waals surface area (Å²) in [6.45, 7) is 0. The summed E-state index contributed by atoms with van der Waals surface area (Å²) in [4.78, 5) is 0. The molecule has 1 N–H and O–H groups in total. The van der Waals surface area contributed by atoms with E-state index in [-0.39, 0.29) is 0 Å². The molecule has 1 atom stereocenters. The van der Waals surface area contributed by atoms with Crippen LogP contribution in [0.25, 0.3) is 0 Å². The van der Waals surface area contributed by atoms with Gasteiger partial charge in [0.15, 0.2) is 0 Å². The normalized spacial score (nSPS) is 20.8. The second kappa shape index (κ2) is 4.76. The number of hydrogen-bond donors (Lipinski definition) is 1. The van der Waals surface area contributed by atoms with Crippen LogP contribution in [0.4, 0.5) is 4.39 Å². The van der Waals surface area contributed by atoms with E-state index in [9.17, 15) is 9.50 Å². The van der Waals surface area contributed by atoms with Gasteiger partial charge in [-0.2, -0.15) is 0 Å². The zero-order chi connectivity index (χ0) is 14.3. The fourth-order valence-electron chi connectivity index (χ4n) is 2.83. The molecule has 3 rings (SSSR count). The first-order chi connectivity index (χ1) is 9.54. The molecule has 0 aromatic heterocycles. The molecule has 0 saturated heterocycles. The first-order valence-corrected chi connectivity index (χ1v) is 6.78. The van der Waals surface area contributed by atoms with E-state index in [1.54, 1.807) is 13.2 Å². The Hall–Kier alpha value is -1.58. The Labute approximate surface area is 121 Å². The number of aryl methyl sites for hydroxylation is 1. The summed E-state index contributed by atoms with van der Waals surface area (Å²) >= 11 is 6.15. The molecule has 1 unspecified atom stereocenters. The van der Waals surface area contributed by atoms with E-state index < -0.39 is 11.4 Å². The Kier molecular flexibility index (Phi) is 3.19. The summed E-state index contributed by atoms with van der Waals surface area (Å²) in [5, 5.41) is 11.4. The van der Waals surface area contributed by atoms with E-state index in [0.717, 1.165) is 17.5 Å². The highest BCUT2D eigenvalue weighted by Crippen LogP contribution is 2.45. The molecule has 0 spiro atoms. The molecule has 4 heteroatoms. The third kappa shape index (κ3) is 1.98. The van der Waals surface area contributed by atoms with Crippen LogP contribution in [0, 0.1) is 5.82 Å². The van der Waals surface area contributed by atoms with Gasteiger partial charge in [0.05, 0.1) is 7.11 Å². The van der Waals surface area contributed by atoms with Gasteiger partial charge in [-0.05, 0) is 54.3 Å². The number of hydrogen-bond acceptors (Lipinski definition) is 2. The van der Waals surface area contributed by atoms with Gasteiger partial charge in [-0.15, -0.1) is 0 Å². The predicted molar refractivity (Wildman–Crippen MR) is 75.7 cm³/mol. The van der Waals surface area contributed by atoms with Crippen LogP contribution in [-0.2, 0) is 12.0 Å². The number of ether oxygens (including phenoxy) is 1. The highest BCUT2D eigenvalue weighted by molar-refractivity contribution is 6.31. The largest absolute Gasteiger partial charge is 0.497 e. The average Bonchev–Trinajstić information content (AvgIpc) is 2.79. The molecule has 1 aliphatic rings. The van der Waals surface area contributed by atoms with E-state index in [4.69, 9.17) is 16.3 Å². The minimum absolute atomic E-state index is 0.365. The Bertz CT molecular complexity index is 672. The van der Waals surface area contributed by atoms with E-state index in [1.165, 1.54) is 18.2 Å². The highest BCUT2D eigenvalue weighted by Gasteiger charge is 2.40. The van der Waals surface area contributed by atoms with Gasteiger partial charge < -0.3 is 9.84 Å². The predicted octanol–water partition coefficient (Wildman–Crippen LogP) is 3.67. The minimum atomic E-state index is -1.26. The fourth-order valence-corrected chi connectivity index (χ4v) is 3.10. The van der Waals surface area contributed by atoms with Gasteiger partial charge in [-0.3, -0.25) is 0 Å². The van der Waals surface area contributed by atoms with Crippen LogP contribution in [0.5, 0.6) is 5.75 Å². The topological polar surface area (TPSA) is 29.5 Å². The van der Waals surface area contributed by atoms with Crippen LogP contribution < -0.4 is 4.74 Å². The summed E-state index contributed by atoms with van der Waals surface area (Å²) < 4.78 is 18.7. The summed E-state index contributed by atoms with van der Waals surface area (Å²) in [5.74, 6) is 0.255. The van der Waals surface area contributed by atoms with Gasteiger partial charge in [0.25, 0.3) is 0 Å². The lowest BCUT2D eigenvalue weighted by molar-refractivity contribution is 0.0825. The fraction of sp³-hybridized carbons (Fsp3) is 0.250. The third-order valence-corrected chi connectivity index (χ3v) is 4.22. The minimum Gasteiger partial charge on any atom is -0.497 e. The van der Waals surface area contributed by atoms with Gasteiger partial charge >= 0.3 is 0 Å². The van der Waals surface area contributed by atoms with Crippen molar-refractivity contribution in [2.45, 2.75) is 18.4 Å². The average molecular weight is 293 g/mol. The molecule has 104 valence electrons. The molecule has 0 radical (unpaired) electrons. The number of benzene rings is 2. The molecule has 2 aromatic carbocycles. The van der Waals surface area contributed by atoms with Crippen molar-refractivity contribution in [1.29, 1.82) is 0 Å². The molecular formula is C16H14ClFO2. The highest BCUT2D eigenvalue weighted by atomic mass is 35.5. The van der Waals surface area contributed by atoms with Crippen molar-refractivity contribution in [3.05, 3.63) is 63.9 Å². The van der Waals surface area contributed by atoms with Crippen LogP contribution in [0.15, 0.2) is 36.4 Å². The van der Waals surface area contributed by atoms with Crippen molar-refractivity contribution >= 4 is 11.6 Å². The quantitative estimate of drug-likeness (QED) is 0.915. The second-order valence-corrected chi connectivity index (χ2v) is 5.41. The molecule has 0 aliphatic heterocycles. The maximum atomic E-state index is 13.5. The Morgan fingerprint density at radius 1 is 1.20 bits per heavy atom. The van der Waals surface area contributed by atoms with Crippen molar-refractivity contribution in [3.63, 3.8) is 0 Å². The first-order valence-electron chi connectivity index (χ1n) is 6.40. The summed E-state index contributed by atoms with van der Waals surface area (Å²) in [6, 6.07) is 9.65. The third-order valence-electron chi connectivity index (χ3n) is 3.89. The van der Waals surface area contributed by atoms with Crippen LogP contribution in [0.2, 0.25) is 5.02 Å². The van der Waals surface area contributed by atoms with E-state index in [0.29, 0.717) is 22.8 Å². The van der Waals surface area contributed by atoms with E-state index in [1.807, 2.05) is 12.1 Å².